The Balaban J connectivity index is 0.000000315. The summed E-state index contributed by atoms with van der Waals surface area (Å²) >= 11 is 0. The summed E-state index contributed by atoms with van der Waals surface area (Å²) in [6, 6.07) is 13.7. The summed E-state index contributed by atoms with van der Waals surface area (Å²) in [6.45, 7) is 6.62. The van der Waals surface area contributed by atoms with Gasteiger partial charge in [-0.05, 0) is 50.2 Å². The smallest absolute Gasteiger partial charge is 0.330 e. The van der Waals surface area contributed by atoms with Gasteiger partial charge in [0.05, 0.1) is 0 Å². The second-order valence-electron chi connectivity index (χ2n) is 4.45. The fourth-order valence-corrected chi connectivity index (χ4v) is 1.25. The van der Waals surface area contributed by atoms with Gasteiger partial charge in [-0.3, -0.25) is 0 Å². The summed E-state index contributed by atoms with van der Waals surface area (Å²) in [5, 5.41) is 7.89. The van der Waals surface area contributed by atoms with Crippen molar-refractivity contribution in [2.45, 2.75) is 13.8 Å². The number of carbonyl (C=O) groups is 1. The van der Waals surface area contributed by atoms with Crippen molar-refractivity contribution in [2.75, 3.05) is 0 Å². The monoisotopic (exact) mass is 288 g/mol. The summed E-state index contributed by atoms with van der Waals surface area (Å²) in [5.41, 5.74) is 1.36. The molecule has 2 rings (SSSR count). The second kappa shape index (κ2) is 7.85. The molecule has 110 valence electrons. The maximum absolute atomic E-state index is 12.6. The van der Waals surface area contributed by atoms with Crippen molar-refractivity contribution in [1.29, 1.82) is 0 Å². The van der Waals surface area contributed by atoms with Crippen LogP contribution in [0.5, 0.6) is 11.5 Å². The molecule has 0 radical (unpaired) electrons. The number of aryl methyl sites for hydroxylation is 1. The Hall–Kier alpha value is -2.62. The summed E-state index contributed by atoms with van der Waals surface area (Å²) in [5.74, 6) is 0.203. The molecule has 1 N–H and O–H groups in total. The first-order valence-corrected chi connectivity index (χ1v) is 6.27. The van der Waals surface area contributed by atoms with E-state index in [9.17, 15) is 9.18 Å². The summed E-state index contributed by atoms with van der Waals surface area (Å²) < 4.78 is 18.1. The Morgan fingerprint density at radius 1 is 1.05 bits per heavy atom. The maximum Gasteiger partial charge on any atom is 0.330 e. The molecule has 0 atom stereocenters. The zero-order valence-electron chi connectivity index (χ0n) is 12.0. The van der Waals surface area contributed by atoms with Gasteiger partial charge in [0, 0.05) is 5.57 Å². The molecule has 0 saturated heterocycles. The van der Waals surface area contributed by atoms with E-state index in [1.165, 1.54) is 24.6 Å². The lowest BCUT2D eigenvalue weighted by Crippen LogP contribution is -1.92. The number of carboxylic acid groups (broad SMARTS) is 1. The average Bonchev–Trinajstić information content (AvgIpc) is 2.44. The number of rotatable bonds is 3. The van der Waals surface area contributed by atoms with Crippen molar-refractivity contribution >= 4 is 5.97 Å². The van der Waals surface area contributed by atoms with Gasteiger partial charge in [0.25, 0.3) is 0 Å². The first-order valence-electron chi connectivity index (χ1n) is 6.27. The highest BCUT2D eigenvalue weighted by Gasteiger charge is 1.96. The number of benzene rings is 2. The molecule has 0 bridgehead atoms. The van der Waals surface area contributed by atoms with Crippen LogP contribution in [0.2, 0.25) is 0 Å². The molecule has 0 aromatic heterocycles. The van der Waals surface area contributed by atoms with E-state index in [0.717, 1.165) is 5.75 Å². The predicted molar refractivity (Wildman–Crippen MR) is 80.1 cm³/mol. The van der Waals surface area contributed by atoms with E-state index in [4.69, 9.17) is 9.84 Å². The predicted octanol–water partition coefficient (Wildman–Crippen LogP) is 4.57. The van der Waals surface area contributed by atoms with Gasteiger partial charge in [-0.1, -0.05) is 24.3 Å². The van der Waals surface area contributed by atoms with Crippen LogP contribution in [0.4, 0.5) is 4.39 Å². The minimum Gasteiger partial charge on any atom is -0.478 e. The minimum absolute atomic E-state index is 0.176. The molecular formula is C17H17FO3. The summed E-state index contributed by atoms with van der Waals surface area (Å²) in [4.78, 5) is 9.60. The van der Waals surface area contributed by atoms with E-state index >= 15 is 0 Å². The molecule has 3 nitrogen and oxygen atoms in total. The van der Waals surface area contributed by atoms with E-state index in [1.54, 1.807) is 12.1 Å². The number of hydrogen-bond donors (Lipinski definition) is 1. The highest BCUT2D eigenvalue weighted by Crippen LogP contribution is 2.21. The van der Waals surface area contributed by atoms with E-state index in [-0.39, 0.29) is 11.4 Å². The van der Waals surface area contributed by atoms with E-state index in [0.29, 0.717) is 5.75 Å². The molecule has 0 saturated carbocycles. The normalized spacial score (nSPS) is 9.29. The van der Waals surface area contributed by atoms with Crippen molar-refractivity contribution < 1.29 is 19.0 Å². The number of aliphatic carboxylic acids is 1. The standard InChI is InChI=1S/C13H11FO.C4H6O2/c1-10-2-6-12(7-3-10)15-13-8-4-11(14)5-9-13;1-3(2)4(5)6/h2-9H,1H3;1H2,2H3,(H,5,6). The number of hydrogen-bond acceptors (Lipinski definition) is 2. The van der Waals surface area contributed by atoms with Gasteiger partial charge < -0.3 is 9.84 Å². The summed E-state index contributed by atoms with van der Waals surface area (Å²) in [7, 11) is 0. The Morgan fingerprint density at radius 3 is 1.81 bits per heavy atom. The van der Waals surface area contributed by atoms with Crippen molar-refractivity contribution in [3.05, 3.63) is 72.1 Å². The van der Waals surface area contributed by atoms with Crippen molar-refractivity contribution in [3.8, 4) is 11.5 Å². The first kappa shape index (κ1) is 16.4. The molecule has 2 aromatic carbocycles. The molecule has 0 spiro atoms. The van der Waals surface area contributed by atoms with Crippen LogP contribution in [0.15, 0.2) is 60.7 Å². The zero-order chi connectivity index (χ0) is 15.8. The van der Waals surface area contributed by atoms with Gasteiger partial charge in [0.1, 0.15) is 17.3 Å². The molecule has 0 aliphatic carbocycles. The summed E-state index contributed by atoms with van der Waals surface area (Å²) in [6.07, 6.45) is 0. The highest BCUT2D eigenvalue weighted by molar-refractivity contribution is 5.84. The largest absolute Gasteiger partial charge is 0.478 e. The Kier molecular flexibility index (Phi) is 6.14. The number of ether oxygens (including phenoxy) is 1. The lowest BCUT2D eigenvalue weighted by atomic mass is 10.2. The zero-order valence-corrected chi connectivity index (χ0v) is 12.0. The highest BCUT2D eigenvalue weighted by atomic mass is 19.1. The van der Waals surface area contributed by atoms with Gasteiger partial charge in [-0.2, -0.15) is 0 Å². The van der Waals surface area contributed by atoms with Crippen LogP contribution in [0.3, 0.4) is 0 Å². The molecule has 4 heteroatoms. The molecule has 0 fully saturated rings. The first-order chi connectivity index (χ1) is 9.88. The molecular weight excluding hydrogens is 271 g/mol. The third-order valence-corrected chi connectivity index (χ3v) is 2.44. The minimum atomic E-state index is -0.935. The quantitative estimate of drug-likeness (QED) is 0.841. The maximum atomic E-state index is 12.6. The number of halogens is 1. The molecule has 0 heterocycles. The topological polar surface area (TPSA) is 46.5 Å². The van der Waals surface area contributed by atoms with Crippen LogP contribution in [-0.4, -0.2) is 11.1 Å². The van der Waals surface area contributed by atoms with Crippen LogP contribution >= 0.6 is 0 Å². The molecule has 2 aromatic rings. The lowest BCUT2D eigenvalue weighted by molar-refractivity contribution is -0.132. The lowest BCUT2D eigenvalue weighted by Gasteiger charge is -2.05. The number of carboxylic acids is 1. The van der Waals surface area contributed by atoms with Crippen LogP contribution in [0, 0.1) is 12.7 Å². The van der Waals surface area contributed by atoms with Crippen LogP contribution in [0.25, 0.3) is 0 Å². The van der Waals surface area contributed by atoms with Crippen LogP contribution in [0.1, 0.15) is 12.5 Å². The molecule has 21 heavy (non-hydrogen) atoms. The van der Waals surface area contributed by atoms with Gasteiger partial charge in [-0.15, -0.1) is 0 Å². The molecule has 0 amide bonds. The van der Waals surface area contributed by atoms with E-state index < -0.39 is 5.97 Å². The van der Waals surface area contributed by atoms with E-state index in [2.05, 4.69) is 6.58 Å². The van der Waals surface area contributed by atoms with Crippen LogP contribution in [-0.2, 0) is 4.79 Å². The van der Waals surface area contributed by atoms with Crippen molar-refractivity contribution in [3.63, 3.8) is 0 Å². The van der Waals surface area contributed by atoms with Gasteiger partial charge in [0.2, 0.25) is 0 Å². The van der Waals surface area contributed by atoms with Crippen molar-refractivity contribution in [1.82, 2.24) is 0 Å². The van der Waals surface area contributed by atoms with E-state index in [1.807, 2.05) is 31.2 Å². The fraction of sp³-hybridized carbons (Fsp3) is 0.118. The fourth-order valence-electron chi connectivity index (χ4n) is 1.25. The van der Waals surface area contributed by atoms with Gasteiger partial charge in [-0.25, -0.2) is 9.18 Å². The van der Waals surface area contributed by atoms with Gasteiger partial charge >= 0.3 is 5.97 Å². The SMILES string of the molecule is C=C(C)C(=O)O.Cc1ccc(Oc2ccc(F)cc2)cc1. The second-order valence-corrected chi connectivity index (χ2v) is 4.45. The molecule has 0 unspecified atom stereocenters. The average molecular weight is 288 g/mol. The molecule has 0 aliphatic rings. The van der Waals surface area contributed by atoms with Crippen molar-refractivity contribution in [2.24, 2.45) is 0 Å². The van der Waals surface area contributed by atoms with Crippen LogP contribution < -0.4 is 4.74 Å². The van der Waals surface area contributed by atoms with Gasteiger partial charge in [0.15, 0.2) is 0 Å². The Morgan fingerprint density at radius 2 is 1.43 bits per heavy atom. The Bertz CT molecular complexity index is 545. The Labute approximate surface area is 123 Å². The third kappa shape index (κ3) is 6.38. The third-order valence-electron chi connectivity index (χ3n) is 2.44. The molecule has 0 aliphatic heterocycles.